The van der Waals surface area contributed by atoms with E-state index in [1.807, 2.05) is 55.5 Å². The molecule has 1 heterocycles. The van der Waals surface area contributed by atoms with Crippen LogP contribution in [0.15, 0.2) is 65.7 Å². The van der Waals surface area contributed by atoms with Crippen LogP contribution in [0.3, 0.4) is 0 Å². The van der Waals surface area contributed by atoms with Crippen molar-refractivity contribution in [2.24, 2.45) is 0 Å². The van der Waals surface area contributed by atoms with Gasteiger partial charge in [0.2, 0.25) is 0 Å². The minimum absolute atomic E-state index is 0.0750. The van der Waals surface area contributed by atoms with E-state index < -0.39 is 0 Å². The van der Waals surface area contributed by atoms with Crippen molar-refractivity contribution in [1.82, 2.24) is 14.9 Å². The van der Waals surface area contributed by atoms with E-state index >= 15 is 0 Å². The van der Waals surface area contributed by atoms with Gasteiger partial charge >= 0.3 is 0 Å². The van der Waals surface area contributed by atoms with Gasteiger partial charge in [-0.15, -0.1) is 0 Å². The molecule has 2 aromatic carbocycles. The van der Waals surface area contributed by atoms with Crippen LogP contribution >= 0.6 is 0 Å². The average molecular weight is 393 g/mol. The fourth-order valence-electron chi connectivity index (χ4n) is 2.74. The van der Waals surface area contributed by atoms with Crippen LogP contribution in [0.4, 0.5) is 0 Å². The van der Waals surface area contributed by atoms with Crippen LogP contribution in [0.1, 0.15) is 5.56 Å². The highest BCUT2D eigenvalue weighted by molar-refractivity contribution is 5.77. The number of aromatic nitrogens is 2. The molecule has 0 aliphatic heterocycles. The molecule has 0 unspecified atom stereocenters. The Balaban J connectivity index is 1.51. The summed E-state index contributed by atoms with van der Waals surface area (Å²) in [4.78, 5) is 28.6. The molecule has 0 spiro atoms. The smallest absolute Gasteiger partial charge is 0.258 e. The minimum Gasteiger partial charge on any atom is -0.497 e. The summed E-state index contributed by atoms with van der Waals surface area (Å²) < 4.78 is 12.1. The summed E-state index contributed by atoms with van der Waals surface area (Å²) in [6.45, 7) is 2.47. The van der Waals surface area contributed by atoms with Crippen molar-refractivity contribution in [3.05, 3.63) is 76.8 Å². The zero-order valence-electron chi connectivity index (χ0n) is 16.4. The molecule has 150 valence electrons. The Morgan fingerprint density at radius 3 is 2.59 bits per heavy atom. The maximum absolute atomic E-state index is 12.3. The number of hydrogen-bond acceptors (Lipinski definition) is 5. The first kappa shape index (κ1) is 20.1. The first-order valence-electron chi connectivity index (χ1n) is 9.23. The first-order chi connectivity index (χ1) is 14.1. The zero-order chi connectivity index (χ0) is 20.6. The lowest BCUT2D eigenvalue weighted by atomic mass is 10.1. The lowest BCUT2D eigenvalue weighted by molar-refractivity contribution is -0.123. The monoisotopic (exact) mass is 393 g/mol. The number of ether oxygens (including phenoxy) is 2. The van der Waals surface area contributed by atoms with Gasteiger partial charge in [0.15, 0.2) is 6.61 Å². The molecule has 0 saturated carbocycles. The van der Waals surface area contributed by atoms with Crippen molar-refractivity contribution >= 4 is 5.91 Å². The number of nitrogens with zero attached hydrogens (tertiary/aromatic N) is 2. The number of para-hydroxylation sites is 1. The SMILES string of the molecule is COc1ccc(-c2cc(=O)n(CCNC(=O)COc3ccccc3C)cn2)cc1. The van der Waals surface area contributed by atoms with Crippen molar-refractivity contribution in [3.63, 3.8) is 0 Å². The van der Waals surface area contributed by atoms with Gasteiger partial charge in [-0.3, -0.25) is 14.2 Å². The summed E-state index contributed by atoms with van der Waals surface area (Å²) in [5, 5.41) is 2.74. The Morgan fingerprint density at radius 1 is 1.14 bits per heavy atom. The van der Waals surface area contributed by atoms with Crippen molar-refractivity contribution in [2.45, 2.75) is 13.5 Å². The second-order valence-electron chi connectivity index (χ2n) is 6.44. The molecule has 0 saturated heterocycles. The van der Waals surface area contributed by atoms with Gasteiger partial charge in [0.05, 0.1) is 19.1 Å². The van der Waals surface area contributed by atoms with Gasteiger partial charge in [-0.2, -0.15) is 0 Å². The number of rotatable bonds is 8. The maximum atomic E-state index is 12.3. The van der Waals surface area contributed by atoms with Crippen LogP contribution in [0.2, 0.25) is 0 Å². The third-order valence-corrected chi connectivity index (χ3v) is 4.39. The molecule has 0 fully saturated rings. The molecule has 0 atom stereocenters. The minimum atomic E-state index is -0.246. The van der Waals surface area contributed by atoms with E-state index in [2.05, 4.69) is 10.3 Å². The van der Waals surface area contributed by atoms with E-state index in [1.54, 1.807) is 7.11 Å². The average Bonchev–Trinajstić information content (AvgIpc) is 2.74. The third kappa shape index (κ3) is 5.44. The van der Waals surface area contributed by atoms with Crippen molar-refractivity contribution in [1.29, 1.82) is 0 Å². The molecule has 0 aliphatic carbocycles. The summed E-state index contributed by atoms with van der Waals surface area (Å²) in [7, 11) is 1.60. The largest absolute Gasteiger partial charge is 0.497 e. The van der Waals surface area contributed by atoms with Gasteiger partial charge in [0.1, 0.15) is 11.5 Å². The molecule has 7 nitrogen and oxygen atoms in total. The van der Waals surface area contributed by atoms with Crippen LogP contribution in [0.25, 0.3) is 11.3 Å². The topological polar surface area (TPSA) is 82.5 Å². The van der Waals surface area contributed by atoms with Gasteiger partial charge in [0, 0.05) is 24.7 Å². The highest BCUT2D eigenvalue weighted by Gasteiger charge is 2.06. The van der Waals surface area contributed by atoms with Gasteiger partial charge in [0.25, 0.3) is 11.5 Å². The molecular formula is C22H23N3O4. The second-order valence-corrected chi connectivity index (χ2v) is 6.44. The molecule has 7 heteroatoms. The number of methoxy groups -OCH3 is 1. The highest BCUT2D eigenvalue weighted by atomic mass is 16.5. The van der Waals surface area contributed by atoms with Crippen molar-refractivity contribution < 1.29 is 14.3 Å². The molecule has 0 bridgehead atoms. The number of benzene rings is 2. The fraction of sp³-hybridized carbons (Fsp3) is 0.227. The first-order valence-corrected chi connectivity index (χ1v) is 9.23. The van der Waals surface area contributed by atoms with Gasteiger partial charge in [-0.05, 0) is 42.8 Å². The molecule has 1 N–H and O–H groups in total. The summed E-state index contributed by atoms with van der Waals surface area (Å²) in [6, 6.07) is 16.3. The standard InChI is InChI=1S/C22H23N3O4/c1-16-5-3-4-6-20(16)29-14-21(26)23-11-12-25-15-24-19(13-22(25)27)17-7-9-18(28-2)10-8-17/h3-10,13,15H,11-12,14H2,1-2H3,(H,23,26). The summed E-state index contributed by atoms with van der Waals surface area (Å²) >= 11 is 0. The number of amides is 1. The van der Waals surface area contributed by atoms with Gasteiger partial charge < -0.3 is 14.8 Å². The van der Waals surface area contributed by atoms with Crippen LogP contribution in [-0.2, 0) is 11.3 Å². The van der Waals surface area contributed by atoms with Gasteiger partial charge in [-0.1, -0.05) is 18.2 Å². The van der Waals surface area contributed by atoms with Gasteiger partial charge in [-0.25, -0.2) is 4.98 Å². The lowest BCUT2D eigenvalue weighted by Crippen LogP contribution is -2.33. The molecule has 1 amide bonds. The molecule has 0 radical (unpaired) electrons. The summed E-state index contributed by atoms with van der Waals surface area (Å²) in [6.07, 6.45) is 1.48. The van der Waals surface area contributed by atoms with Crippen LogP contribution in [-0.4, -0.2) is 35.7 Å². The Labute approximate surface area is 168 Å². The van der Waals surface area contributed by atoms with E-state index in [9.17, 15) is 9.59 Å². The van der Waals surface area contributed by atoms with E-state index in [-0.39, 0.29) is 18.1 Å². The van der Waals surface area contributed by atoms with Crippen LogP contribution in [0.5, 0.6) is 11.5 Å². The zero-order valence-corrected chi connectivity index (χ0v) is 16.4. The Hall–Kier alpha value is -3.61. The Bertz CT molecular complexity index is 1030. The normalized spacial score (nSPS) is 10.4. The summed E-state index contributed by atoms with van der Waals surface area (Å²) in [5.74, 6) is 1.17. The predicted octanol–water partition coefficient (Wildman–Crippen LogP) is 2.42. The highest BCUT2D eigenvalue weighted by Crippen LogP contribution is 2.19. The molecule has 29 heavy (non-hydrogen) atoms. The van der Waals surface area contributed by atoms with E-state index in [1.165, 1.54) is 17.0 Å². The lowest BCUT2D eigenvalue weighted by Gasteiger charge is -2.10. The molecule has 3 aromatic rings. The Morgan fingerprint density at radius 2 is 1.90 bits per heavy atom. The van der Waals surface area contributed by atoms with Crippen LogP contribution < -0.4 is 20.3 Å². The number of aryl methyl sites for hydroxylation is 1. The van der Waals surface area contributed by atoms with E-state index in [0.717, 1.165) is 16.9 Å². The van der Waals surface area contributed by atoms with E-state index in [0.29, 0.717) is 24.5 Å². The number of carbonyl (C=O) groups excluding carboxylic acids is 1. The number of hydrogen-bond donors (Lipinski definition) is 1. The van der Waals surface area contributed by atoms with Crippen LogP contribution in [0, 0.1) is 6.92 Å². The number of nitrogens with one attached hydrogen (secondary N) is 1. The third-order valence-electron chi connectivity index (χ3n) is 4.39. The quantitative estimate of drug-likeness (QED) is 0.636. The van der Waals surface area contributed by atoms with Crippen molar-refractivity contribution in [3.8, 4) is 22.8 Å². The predicted molar refractivity (Wildman–Crippen MR) is 110 cm³/mol. The Kier molecular flexibility index (Phi) is 6.63. The van der Waals surface area contributed by atoms with Crippen molar-refractivity contribution in [2.75, 3.05) is 20.3 Å². The maximum Gasteiger partial charge on any atom is 0.258 e. The summed E-state index contributed by atoms with van der Waals surface area (Å²) in [5.41, 5.74) is 2.20. The number of carbonyl (C=O) groups is 1. The molecule has 0 aliphatic rings. The second kappa shape index (κ2) is 9.54. The molecule has 3 rings (SSSR count). The molecular weight excluding hydrogens is 370 g/mol. The fourth-order valence-corrected chi connectivity index (χ4v) is 2.74. The molecule has 1 aromatic heterocycles. The van der Waals surface area contributed by atoms with E-state index in [4.69, 9.17) is 9.47 Å².